The van der Waals surface area contributed by atoms with E-state index >= 15 is 0 Å². The Kier molecular flexibility index (Phi) is 6.17. The molecule has 0 unspecified atom stereocenters. The quantitative estimate of drug-likeness (QED) is 0.362. The zero-order chi connectivity index (χ0) is 24.2. The number of benzene rings is 2. The number of aromatic nitrogens is 5. The van der Waals surface area contributed by atoms with Crippen LogP contribution in [0.2, 0.25) is 0 Å². The number of carbonyl (C=O) groups excluding carboxylic acids is 1. The maximum atomic E-state index is 12.7. The third-order valence-corrected chi connectivity index (χ3v) is 5.63. The normalized spacial score (nSPS) is 11.1. The summed E-state index contributed by atoms with van der Waals surface area (Å²) < 4.78 is 7.19. The highest BCUT2D eigenvalue weighted by Crippen LogP contribution is 2.26. The number of amides is 1. The largest absolute Gasteiger partial charge is 0.347 e. The predicted molar refractivity (Wildman–Crippen MR) is 132 cm³/mol. The van der Waals surface area contributed by atoms with Gasteiger partial charge in [-0.15, -0.1) is 0 Å². The topological polar surface area (TPSA) is 98.7 Å². The van der Waals surface area contributed by atoms with Gasteiger partial charge in [-0.1, -0.05) is 73.6 Å². The van der Waals surface area contributed by atoms with Crippen molar-refractivity contribution in [3.05, 3.63) is 102 Å². The van der Waals surface area contributed by atoms with E-state index in [-0.39, 0.29) is 11.6 Å². The summed E-state index contributed by atoms with van der Waals surface area (Å²) in [7, 11) is 0. The number of hydrogen-bond donors (Lipinski definition) is 1. The number of rotatable bonds is 7. The first-order chi connectivity index (χ1) is 17.1. The summed E-state index contributed by atoms with van der Waals surface area (Å²) in [5, 5.41) is 7.02. The van der Waals surface area contributed by atoms with Crippen LogP contribution >= 0.6 is 0 Å². The van der Waals surface area contributed by atoms with Crippen molar-refractivity contribution in [2.45, 2.75) is 26.3 Å². The molecule has 8 heteroatoms. The Morgan fingerprint density at radius 3 is 2.57 bits per heavy atom. The molecule has 3 heterocycles. The van der Waals surface area contributed by atoms with Gasteiger partial charge in [0.25, 0.3) is 11.8 Å². The van der Waals surface area contributed by atoms with Gasteiger partial charge in [0.2, 0.25) is 5.82 Å². The van der Waals surface area contributed by atoms with E-state index in [4.69, 9.17) is 4.52 Å². The van der Waals surface area contributed by atoms with Crippen LogP contribution < -0.4 is 5.32 Å². The maximum Gasteiger partial charge on any atom is 0.271 e. The Morgan fingerprint density at radius 2 is 1.80 bits per heavy atom. The van der Waals surface area contributed by atoms with E-state index < -0.39 is 0 Å². The summed E-state index contributed by atoms with van der Waals surface area (Å²) in [6.45, 7) is 4.73. The van der Waals surface area contributed by atoms with Crippen LogP contribution in [0.15, 0.2) is 90.0 Å². The molecule has 0 spiro atoms. The third kappa shape index (κ3) is 4.86. The summed E-state index contributed by atoms with van der Waals surface area (Å²) in [5.74, 6) is 1.56. The second-order valence-corrected chi connectivity index (χ2v) is 8.41. The summed E-state index contributed by atoms with van der Waals surface area (Å²) >= 11 is 0. The summed E-state index contributed by atoms with van der Waals surface area (Å²) in [4.78, 5) is 26.0. The molecule has 0 aliphatic rings. The minimum absolute atomic E-state index is 0.265. The van der Waals surface area contributed by atoms with Gasteiger partial charge in [0.15, 0.2) is 5.82 Å². The summed E-state index contributed by atoms with van der Waals surface area (Å²) in [6, 6.07) is 21.5. The van der Waals surface area contributed by atoms with E-state index in [1.165, 1.54) is 5.56 Å². The van der Waals surface area contributed by atoms with Crippen molar-refractivity contribution >= 4 is 5.91 Å². The fraction of sp³-hybridized carbons (Fsp3) is 0.148. The van der Waals surface area contributed by atoms with E-state index in [1.807, 2.05) is 48.5 Å². The van der Waals surface area contributed by atoms with E-state index in [0.29, 0.717) is 35.6 Å². The van der Waals surface area contributed by atoms with Crippen molar-refractivity contribution in [2.24, 2.45) is 0 Å². The lowest BCUT2D eigenvalue weighted by Gasteiger charge is -2.07. The molecule has 5 rings (SSSR count). The first kappa shape index (κ1) is 22.2. The minimum atomic E-state index is -0.265. The average Bonchev–Trinajstić information content (AvgIpc) is 3.59. The molecular formula is C27H24N6O2. The van der Waals surface area contributed by atoms with Crippen LogP contribution in [0.3, 0.4) is 0 Å². The molecule has 5 aromatic rings. The fourth-order valence-electron chi connectivity index (χ4n) is 3.66. The highest BCUT2D eigenvalue weighted by molar-refractivity contribution is 5.92. The van der Waals surface area contributed by atoms with Crippen LogP contribution in [0, 0.1) is 0 Å². The number of hydrogen-bond acceptors (Lipinski definition) is 6. The lowest BCUT2D eigenvalue weighted by molar-refractivity contribution is 0.0946. The van der Waals surface area contributed by atoms with Crippen molar-refractivity contribution in [3.63, 3.8) is 0 Å². The predicted octanol–water partition coefficient (Wildman–Crippen LogP) is 5.04. The molecule has 0 saturated carbocycles. The molecule has 0 aliphatic carbocycles. The number of nitrogens with one attached hydrogen (secondary N) is 1. The molecular weight excluding hydrogens is 440 g/mol. The van der Waals surface area contributed by atoms with E-state index in [1.54, 1.807) is 29.4 Å². The van der Waals surface area contributed by atoms with Gasteiger partial charge < -0.3 is 9.84 Å². The van der Waals surface area contributed by atoms with Gasteiger partial charge in [-0.3, -0.25) is 9.36 Å². The van der Waals surface area contributed by atoms with E-state index in [2.05, 4.69) is 51.4 Å². The van der Waals surface area contributed by atoms with Crippen molar-refractivity contribution < 1.29 is 9.32 Å². The van der Waals surface area contributed by atoms with Gasteiger partial charge >= 0.3 is 0 Å². The maximum absolute atomic E-state index is 12.7. The van der Waals surface area contributed by atoms with Crippen LogP contribution in [0.25, 0.3) is 28.7 Å². The van der Waals surface area contributed by atoms with Gasteiger partial charge in [0.1, 0.15) is 12.0 Å². The van der Waals surface area contributed by atoms with Gasteiger partial charge in [0.05, 0.1) is 5.56 Å². The summed E-state index contributed by atoms with van der Waals surface area (Å²) in [6.07, 6.45) is 4.85. The molecule has 1 N–H and O–H groups in total. The molecule has 3 aromatic heterocycles. The molecule has 0 aliphatic heterocycles. The first-order valence-electron chi connectivity index (χ1n) is 11.3. The van der Waals surface area contributed by atoms with E-state index in [0.717, 1.165) is 11.1 Å². The highest BCUT2D eigenvalue weighted by atomic mass is 16.5. The van der Waals surface area contributed by atoms with Gasteiger partial charge in [-0.2, -0.15) is 4.98 Å². The first-order valence-corrected chi connectivity index (χ1v) is 11.3. The van der Waals surface area contributed by atoms with Crippen molar-refractivity contribution in [1.29, 1.82) is 0 Å². The van der Waals surface area contributed by atoms with Crippen LogP contribution in [-0.4, -0.2) is 30.6 Å². The number of nitrogens with zero attached hydrogens (tertiary/aromatic N) is 5. The van der Waals surface area contributed by atoms with Crippen molar-refractivity contribution in [1.82, 2.24) is 30.0 Å². The molecule has 0 bridgehead atoms. The van der Waals surface area contributed by atoms with E-state index in [9.17, 15) is 4.79 Å². The number of imidazole rings is 1. The second-order valence-electron chi connectivity index (χ2n) is 8.41. The Bertz CT molecular complexity index is 1440. The monoisotopic (exact) mass is 464 g/mol. The standard InChI is InChI=1S/C27H24N6O2/c1-18(2)20-12-10-19(11-13-20)15-29-26(34)23-16-33(17-30-23)25-22(9-6-14-28-25)27-31-24(32-35-27)21-7-4-3-5-8-21/h3-14,16-18H,15H2,1-2H3,(H,29,34). The smallest absolute Gasteiger partial charge is 0.271 e. The SMILES string of the molecule is CC(C)c1ccc(CNC(=O)c2cn(-c3ncccc3-c3nc(-c4ccccc4)no3)cn2)cc1. The molecule has 2 aromatic carbocycles. The van der Waals surface area contributed by atoms with Crippen LogP contribution in [0.4, 0.5) is 0 Å². The molecule has 8 nitrogen and oxygen atoms in total. The fourth-order valence-corrected chi connectivity index (χ4v) is 3.66. The minimum Gasteiger partial charge on any atom is -0.347 e. The van der Waals surface area contributed by atoms with Gasteiger partial charge in [0, 0.05) is 24.5 Å². The molecule has 1 amide bonds. The van der Waals surface area contributed by atoms with Crippen molar-refractivity contribution in [2.75, 3.05) is 0 Å². The Morgan fingerprint density at radius 1 is 1.00 bits per heavy atom. The lowest BCUT2D eigenvalue weighted by Crippen LogP contribution is -2.23. The van der Waals surface area contributed by atoms with Gasteiger partial charge in [-0.25, -0.2) is 9.97 Å². The molecule has 0 fully saturated rings. The van der Waals surface area contributed by atoms with Crippen LogP contribution in [0.5, 0.6) is 0 Å². The third-order valence-electron chi connectivity index (χ3n) is 5.63. The summed E-state index contributed by atoms with van der Waals surface area (Å²) in [5.41, 5.74) is 4.07. The molecule has 35 heavy (non-hydrogen) atoms. The molecule has 0 radical (unpaired) electrons. The molecule has 174 valence electrons. The molecule has 0 saturated heterocycles. The Labute approximate surface area is 202 Å². The zero-order valence-corrected chi connectivity index (χ0v) is 19.4. The second kappa shape index (κ2) is 9.72. The number of carbonyl (C=O) groups is 1. The van der Waals surface area contributed by atoms with Crippen LogP contribution in [0.1, 0.15) is 41.4 Å². The lowest BCUT2D eigenvalue weighted by atomic mass is 10.0. The Balaban J connectivity index is 1.33. The zero-order valence-electron chi connectivity index (χ0n) is 19.4. The van der Waals surface area contributed by atoms with Crippen LogP contribution in [-0.2, 0) is 6.54 Å². The van der Waals surface area contributed by atoms with Crippen molar-refractivity contribution in [3.8, 4) is 28.7 Å². The average molecular weight is 465 g/mol. The molecule has 0 atom stereocenters. The highest BCUT2D eigenvalue weighted by Gasteiger charge is 2.18. The Hall–Kier alpha value is -4.59. The number of pyridine rings is 1. The van der Waals surface area contributed by atoms with Gasteiger partial charge in [-0.05, 0) is 29.2 Å².